The number of nitrogens with zero attached hydrogens (tertiary/aromatic N) is 3. The molecule has 1 aliphatic rings. The van der Waals surface area contributed by atoms with Gasteiger partial charge in [0.2, 0.25) is 0 Å². The molecule has 0 unspecified atom stereocenters. The lowest BCUT2D eigenvalue weighted by Gasteiger charge is -2.41. The molecule has 1 aliphatic heterocycles. The fraction of sp³-hybridized carbons (Fsp3) is 0.429. The lowest BCUT2D eigenvalue weighted by atomic mass is 9.99. The van der Waals surface area contributed by atoms with E-state index in [1.54, 1.807) is 17.0 Å². The Morgan fingerprint density at radius 3 is 2.32 bits per heavy atom. The number of alkyl halides is 3. The zero-order valence-corrected chi connectivity index (χ0v) is 12.0. The summed E-state index contributed by atoms with van der Waals surface area (Å²) in [5.74, 6) is 0.166. The minimum Gasteiger partial charge on any atom is -0.493 e. The highest BCUT2D eigenvalue weighted by Gasteiger charge is 2.47. The molecule has 0 bridgehead atoms. The highest BCUT2D eigenvalue weighted by atomic mass is 19.4. The average Bonchev–Trinajstić information content (AvgIpc) is 2.43. The number of methoxy groups -OCH3 is 2. The summed E-state index contributed by atoms with van der Waals surface area (Å²) in [7, 11) is 3.01. The van der Waals surface area contributed by atoms with E-state index in [0.717, 1.165) is 0 Å². The van der Waals surface area contributed by atoms with Crippen LogP contribution in [0.15, 0.2) is 18.5 Å². The SMILES string of the molecule is COc1cc2ncnc(N3CC(C(F)(F)F)C3)c2cc1OC. The molecule has 3 rings (SSSR count). The van der Waals surface area contributed by atoms with Crippen LogP contribution in [0.4, 0.5) is 19.0 Å². The molecule has 22 heavy (non-hydrogen) atoms. The summed E-state index contributed by atoms with van der Waals surface area (Å²) in [6.45, 7) is -0.187. The molecule has 2 aromatic rings. The first-order valence-corrected chi connectivity index (χ1v) is 6.62. The van der Waals surface area contributed by atoms with Crippen LogP contribution in [0.5, 0.6) is 11.5 Å². The van der Waals surface area contributed by atoms with Gasteiger partial charge >= 0.3 is 6.18 Å². The molecule has 2 heterocycles. The number of anilines is 1. The summed E-state index contributed by atoms with van der Waals surface area (Å²) in [5.41, 5.74) is 0.595. The molecule has 0 saturated carbocycles. The second kappa shape index (κ2) is 5.19. The molecule has 118 valence electrons. The number of fused-ring (bicyclic) bond motifs is 1. The van der Waals surface area contributed by atoms with Gasteiger partial charge < -0.3 is 14.4 Å². The molecule has 1 fully saturated rings. The lowest BCUT2D eigenvalue weighted by molar-refractivity contribution is -0.180. The van der Waals surface area contributed by atoms with E-state index >= 15 is 0 Å². The monoisotopic (exact) mass is 313 g/mol. The van der Waals surface area contributed by atoms with Crippen LogP contribution in [0.1, 0.15) is 0 Å². The van der Waals surface area contributed by atoms with E-state index in [0.29, 0.717) is 28.2 Å². The average molecular weight is 313 g/mol. The molecule has 1 aromatic carbocycles. The fourth-order valence-corrected chi connectivity index (χ4v) is 2.48. The molecule has 0 spiro atoms. The lowest BCUT2D eigenvalue weighted by Crippen LogP contribution is -2.53. The van der Waals surface area contributed by atoms with Gasteiger partial charge in [0.25, 0.3) is 0 Å². The summed E-state index contributed by atoms with van der Waals surface area (Å²) in [5, 5.41) is 0.640. The van der Waals surface area contributed by atoms with Crippen LogP contribution >= 0.6 is 0 Å². The third kappa shape index (κ3) is 2.38. The van der Waals surface area contributed by atoms with Gasteiger partial charge in [0.15, 0.2) is 11.5 Å². The van der Waals surface area contributed by atoms with Crippen molar-refractivity contribution in [2.75, 3.05) is 32.2 Å². The van der Waals surface area contributed by atoms with E-state index in [4.69, 9.17) is 9.47 Å². The van der Waals surface area contributed by atoms with E-state index in [2.05, 4.69) is 9.97 Å². The highest BCUT2D eigenvalue weighted by molar-refractivity contribution is 5.92. The van der Waals surface area contributed by atoms with E-state index in [1.165, 1.54) is 20.5 Å². The van der Waals surface area contributed by atoms with Gasteiger partial charge in [0.1, 0.15) is 12.1 Å². The van der Waals surface area contributed by atoms with Crippen LogP contribution in [0.3, 0.4) is 0 Å². The maximum Gasteiger partial charge on any atom is 0.395 e. The van der Waals surface area contributed by atoms with E-state index < -0.39 is 12.1 Å². The molecule has 0 amide bonds. The zero-order valence-electron chi connectivity index (χ0n) is 12.0. The number of halogens is 3. The van der Waals surface area contributed by atoms with Crippen LogP contribution in [-0.4, -0.2) is 43.5 Å². The van der Waals surface area contributed by atoms with Crippen molar-refractivity contribution >= 4 is 16.7 Å². The molecule has 0 radical (unpaired) electrons. The van der Waals surface area contributed by atoms with Gasteiger partial charge in [-0.25, -0.2) is 9.97 Å². The van der Waals surface area contributed by atoms with Crippen molar-refractivity contribution in [3.05, 3.63) is 18.5 Å². The predicted molar refractivity (Wildman–Crippen MR) is 74.4 cm³/mol. The van der Waals surface area contributed by atoms with Crippen molar-refractivity contribution < 1.29 is 22.6 Å². The van der Waals surface area contributed by atoms with E-state index in [9.17, 15) is 13.2 Å². The summed E-state index contributed by atoms with van der Waals surface area (Å²) >= 11 is 0. The minimum absolute atomic E-state index is 0.0933. The molecule has 1 aromatic heterocycles. The molecule has 0 atom stereocenters. The minimum atomic E-state index is -4.17. The first-order valence-electron chi connectivity index (χ1n) is 6.62. The summed E-state index contributed by atoms with van der Waals surface area (Å²) < 4.78 is 48.3. The standard InChI is InChI=1S/C14H14F3N3O2/c1-21-11-3-9-10(4-12(11)22-2)18-7-19-13(9)20-5-8(6-20)14(15,16)17/h3-4,7-8H,5-6H2,1-2H3. The summed E-state index contributed by atoms with van der Waals surface area (Å²) in [6, 6.07) is 3.37. The topological polar surface area (TPSA) is 47.5 Å². The third-order valence-corrected chi connectivity index (χ3v) is 3.76. The highest BCUT2D eigenvalue weighted by Crippen LogP contribution is 2.39. The largest absolute Gasteiger partial charge is 0.493 e. The smallest absolute Gasteiger partial charge is 0.395 e. The Hall–Kier alpha value is -2.25. The summed E-state index contributed by atoms with van der Waals surface area (Å²) in [6.07, 6.45) is -2.83. The Kier molecular flexibility index (Phi) is 3.46. The number of hydrogen-bond acceptors (Lipinski definition) is 5. The van der Waals surface area contributed by atoms with Crippen LogP contribution < -0.4 is 14.4 Å². The van der Waals surface area contributed by atoms with Gasteiger partial charge in [-0.05, 0) is 6.07 Å². The van der Waals surface area contributed by atoms with Crippen molar-refractivity contribution in [2.45, 2.75) is 6.18 Å². The Morgan fingerprint density at radius 1 is 1.09 bits per heavy atom. The van der Waals surface area contributed by atoms with E-state index in [-0.39, 0.29) is 13.1 Å². The van der Waals surface area contributed by atoms with Crippen molar-refractivity contribution in [1.29, 1.82) is 0 Å². The van der Waals surface area contributed by atoms with Crippen LogP contribution in [0.25, 0.3) is 10.9 Å². The van der Waals surface area contributed by atoms with E-state index in [1.807, 2.05) is 0 Å². The molecular weight excluding hydrogens is 299 g/mol. The predicted octanol–water partition coefficient (Wildman–Crippen LogP) is 2.65. The first-order chi connectivity index (χ1) is 10.4. The number of benzene rings is 1. The second-order valence-corrected chi connectivity index (χ2v) is 5.07. The van der Waals surface area contributed by atoms with Crippen LogP contribution in [-0.2, 0) is 0 Å². The normalized spacial score (nSPS) is 15.8. The molecule has 1 saturated heterocycles. The Balaban J connectivity index is 1.98. The zero-order chi connectivity index (χ0) is 15.9. The number of rotatable bonds is 3. The van der Waals surface area contributed by atoms with Gasteiger partial charge in [-0.1, -0.05) is 0 Å². The van der Waals surface area contributed by atoms with Crippen LogP contribution in [0.2, 0.25) is 0 Å². The number of hydrogen-bond donors (Lipinski definition) is 0. The first kappa shape index (κ1) is 14.7. The van der Waals surface area contributed by atoms with Gasteiger partial charge in [-0.3, -0.25) is 0 Å². The molecule has 5 nitrogen and oxygen atoms in total. The quantitative estimate of drug-likeness (QED) is 0.872. The summed E-state index contributed by atoms with van der Waals surface area (Å²) in [4.78, 5) is 9.86. The Morgan fingerprint density at radius 2 is 1.73 bits per heavy atom. The molecule has 0 aliphatic carbocycles. The van der Waals surface area contributed by atoms with Crippen molar-refractivity contribution in [1.82, 2.24) is 9.97 Å². The molecular formula is C14H14F3N3O2. The van der Waals surface area contributed by atoms with Gasteiger partial charge in [-0.2, -0.15) is 13.2 Å². The number of aromatic nitrogens is 2. The Labute approximate surface area is 124 Å². The third-order valence-electron chi connectivity index (χ3n) is 3.76. The van der Waals surface area contributed by atoms with Crippen molar-refractivity contribution in [2.24, 2.45) is 5.92 Å². The van der Waals surface area contributed by atoms with Crippen LogP contribution in [0, 0.1) is 5.92 Å². The maximum atomic E-state index is 12.6. The van der Waals surface area contributed by atoms with Gasteiger partial charge in [0, 0.05) is 24.5 Å². The van der Waals surface area contributed by atoms with Gasteiger partial charge in [0.05, 0.1) is 25.7 Å². The number of ether oxygens (including phenoxy) is 2. The van der Waals surface area contributed by atoms with Gasteiger partial charge in [-0.15, -0.1) is 0 Å². The molecule has 0 N–H and O–H groups in total. The van der Waals surface area contributed by atoms with Crippen molar-refractivity contribution in [3.63, 3.8) is 0 Å². The maximum absolute atomic E-state index is 12.6. The fourth-order valence-electron chi connectivity index (χ4n) is 2.48. The molecule has 8 heteroatoms. The Bertz CT molecular complexity index is 700. The van der Waals surface area contributed by atoms with Crippen molar-refractivity contribution in [3.8, 4) is 11.5 Å². The second-order valence-electron chi connectivity index (χ2n) is 5.07.